The number of hydrogen-bond donors (Lipinski definition) is 1. The predicted molar refractivity (Wildman–Crippen MR) is 121 cm³/mol. The molecule has 0 aliphatic carbocycles. The maximum Gasteiger partial charge on any atom is 0.266 e. The van der Waals surface area contributed by atoms with Crippen molar-refractivity contribution in [3.63, 3.8) is 0 Å². The van der Waals surface area contributed by atoms with E-state index in [4.69, 9.17) is 4.74 Å². The largest absolute Gasteiger partial charge is 0.497 e. The van der Waals surface area contributed by atoms with Gasteiger partial charge in [0, 0.05) is 18.1 Å². The molecule has 3 rings (SSSR count). The highest BCUT2D eigenvalue weighted by Gasteiger charge is 2.27. The number of nitrogens with one attached hydrogen (secondary N) is 1. The number of hydrogen-bond acceptors (Lipinski definition) is 5. The second-order valence-corrected chi connectivity index (χ2v) is 9.08. The zero-order valence-corrected chi connectivity index (χ0v) is 18.7. The fourth-order valence-corrected chi connectivity index (χ4v) is 4.76. The third-order valence-electron chi connectivity index (χ3n) is 4.81. The van der Waals surface area contributed by atoms with E-state index in [-0.39, 0.29) is 4.90 Å². The van der Waals surface area contributed by atoms with Crippen molar-refractivity contribution >= 4 is 27.3 Å². The molecule has 0 aliphatic heterocycles. The second kappa shape index (κ2) is 9.18. The van der Waals surface area contributed by atoms with Gasteiger partial charge in [0.25, 0.3) is 10.0 Å². The van der Waals surface area contributed by atoms with Gasteiger partial charge in [-0.2, -0.15) is 0 Å². The maximum atomic E-state index is 13.3. The molecule has 0 spiro atoms. The van der Waals surface area contributed by atoms with Crippen molar-refractivity contribution < 1.29 is 17.9 Å². The SMILES string of the molecule is COc1ccc(N(CC(=O)Nc2c(C)cc(C)cc2C)S(=O)(=O)c2cccnc2)cc1. The van der Waals surface area contributed by atoms with Crippen LogP contribution in [0.3, 0.4) is 0 Å². The molecule has 8 heteroatoms. The Labute approximate surface area is 182 Å². The number of carbonyl (C=O) groups excluding carboxylic acids is 1. The van der Waals surface area contributed by atoms with Gasteiger partial charge in [0.1, 0.15) is 17.2 Å². The van der Waals surface area contributed by atoms with E-state index < -0.39 is 22.5 Å². The highest BCUT2D eigenvalue weighted by atomic mass is 32.2. The molecule has 2 aromatic carbocycles. The molecule has 0 unspecified atom stereocenters. The minimum Gasteiger partial charge on any atom is -0.497 e. The van der Waals surface area contributed by atoms with Crippen LogP contribution < -0.4 is 14.4 Å². The van der Waals surface area contributed by atoms with Crippen LogP contribution in [0.2, 0.25) is 0 Å². The number of amides is 1. The molecule has 31 heavy (non-hydrogen) atoms. The molecule has 1 heterocycles. The van der Waals surface area contributed by atoms with Gasteiger partial charge in [-0.05, 0) is 68.3 Å². The molecule has 7 nitrogen and oxygen atoms in total. The highest BCUT2D eigenvalue weighted by molar-refractivity contribution is 7.92. The quantitative estimate of drug-likeness (QED) is 0.604. The first-order valence-electron chi connectivity index (χ1n) is 9.67. The van der Waals surface area contributed by atoms with Crippen LogP contribution in [-0.2, 0) is 14.8 Å². The predicted octanol–water partition coefficient (Wildman–Crippen LogP) is 3.85. The third kappa shape index (κ3) is 5.03. The summed E-state index contributed by atoms with van der Waals surface area (Å²) >= 11 is 0. The Morgan fingerprint density at radius 3 is 2.26 bits per heavy atom. The molecule has 1 amide bonds. The average molecular weight is 440 g/mol. The van der Waals surface area contributed by atoms with E-state index in [1.807, 2.05) is 32.9 Å². The molecule has 1 N–H and O–H groups in total. The summed E-state index contributed by atoms with van der Waals surface area (Å²) in [6.45, 7) is 5.40. The number of nitrogens with zero attached hydrogens (tertiary/aromatic N) is 2. The van der Waals surface area contributed by atoms with Crippen LogP contribution in [0.1, 0.15) is 16.7 Å². The fourth-order valence-electron chi connectivity index (χ4n) is 3.38. The zero-order chi connectivity index (χ0) is 22.6. The summed E-state index contributed by atoms with van der Waals surface area (Å²) in [5.41, 5.74) is 3.95. The van der Waals surface area contributed by atoms with Crippen LogP contribution in [0.15, 0.2) is 65.8 Å². The van der Waals surface area contributed by atoms with Crippen LogP contribution in [0.4, 0.5) is 11.4 Å². The van der Waals surface area contributed by atoms with Crippen molar-refractivity contribution in [1.29, 1.82) is 0 Å². The lowest BCUT2D eigenvalue weighted by Crippen LogP contribution is -2.38. The lowest BCUT2D eigenvalue weighted by Gasteiger charge is -2.24. The summed E-state index contributed by atoms with van der Waals surface area (Å²) in [5.74, 6) is 0.135. The average Bonchev–Trinajstić information content (AvgIpc) is 2.75. The summed E-state index contributed by atoms with van der Waals surface area (Å²) in [5, 5.41) is 2.87. The number of anilines is 2. The van der Waals surface area contributed by atoms with E-state index in [0.29, 0.717) is 17.1 Å². The molecular formula is C23H25N3O4S. The molecule has 1 aromatic heterocycles. The van der Waals surface area contributed by atoms with Gasteiger partial charge in [-0.3, -0.25) is 14.1 Å². The molecule has 0 atom stereocenters. The van der Waals surface area contributed by atoms with Gasteiger partial charge in [0.2, 0.25) is 5.91 Å². The van der Waals surface area contributed by atoms with Gasteiger partial charge in [-0.15, -0.1) is 0 Å². The summed E-state index contributed by atoms with van der Waals surface area (Å²) < 4.78 is 32.9. The normalized spacial score (nSPS) is 11.1. The summed E-state index contributed by atoms with van der Waals surface area (Å²) in [6.07, 6.45) is 2.75. The van der Waals surface area contributed by atoms with Crippen LogP contribution in [0.25, 0.3) is 0 Å². The van der Waals surface area contributed by atoms with Gasteiger partial charge in [0.15, 0.2) is 0 Å². The van der Waals surface area contributed by atoms with Crippen molar-refractivity contribution in [2.45, 2.75) is 25.7 Å². The van der Waals surface area contributed by atoms with Crippen molar-refractivity contribution in [1.82, 2.24) is 4.98 Å². The number of ether oxygens (including phenoxy) is 1. The number of aryl methyl sites for hydroxylation is 3. The number of sulfonamides is 1. The Hall–Kier alpha value is -3.39. The molecule has 3 aromatic rings. The van der Waals surface area contributed by atoms with Gasteiger partial charge < -0.3 is 10.1 Å². The van der Waals surface area contributed by atoms with Crippen LogP contribution in [0, 0.1) is 20.8 Å². The highest BCUT2D eigenvalue weighted by Crippen LogP contribution is 2.26. The smallest absolute Gasteiger partial charge is 0.266 e. The Morgan fingerprint density at radius 1 is 1.06 bits per heavy atom. The first-order valence-corrected chi connectivity index (χ1v) is 11.1. The Kier molecular flexibility index (Phi) is 6.60. The molecule has 0 fully saturated rings. The first-order chi connectivity index (χ1) is 14.7. The molecule has 0 saturated heterocycles. The number of rotatable bonds is 7. The second-order valence-electron chi connectivity index (χ2n) is 7.22. The summed E-state index contributed by atoms with van der Waals surface area (Å²) in [4.78, 5) is 16.8. The van der Waals surface area contributed by atoms with E-state index in [9.17, 15) is 13.2 Å². The van der Waals surface area contributed by atoms with Gasteiger partial charge in [-0.1, -0.05) is 17.7 Å². The van der Waals surface area contributed by atoms with Gasteiger partial charge in [-0.25, -0.2) is 8.42 Å². The van der Waals surface area contributed by atoms with Crippen LogP contribution in [0.5, 0.6) is 5.75 Å². The number of methoxy groups -OCH3 is 1. The van der Waals surface area contributed by atoms with Crippen molar-refractivity contribution in [2.24, 2.45) is 0 Å². The Morgan fingerprint density at radius 2 is 1.71 bits per heavy atom. The minimum atomic E-state index is -4.02. The number of carbonyl (C=O) groups is 1. The third-order valence-corrected chi connectivity index (χ3v) is 6.57. The molecular weight excluding hydrogens is 414 g/mol. The zero-order valence-electron chi connectivity index (χ0n) is 17.9. The number of pyridine rings is 1. The molecule has 0 aliphatic rings. The van der Waals surface area contributed by atoms with Crippen molar-refractivity contribution in [2.75, 3.05) is 23.3 Å². The fraction of sp³-hybridized carbons (Fsp3) is 0.217. The molecule has 0 bridgehead atoms. The van der Waals surface area contributed by atoms with E-state index in [0.717, 1.165) is 21.0 Å². The van der Waals surface area contributed by atoms with E-state index in [1.165, 1.54) is 31.6 Å². The van der Waals surface area contributed by atoms with Crippen LogP contribution >= 0.6 is 0 Å². The number of benzene rings is 2. The first kappa shape index (κ1) is 22.3. The van der Waals surface area contributed by atoms with E-state index >= 15 is 0 Å². The monoisotopic (exact) mass is 439 g/mol. The lowest BCUT2D eigenvalue weighted by molar-refractivity contribution is -0.114. The van der Waals surface area contributed by atoms with E-state index in [2.05, 4.69) is 10.3 Å². The lowest BCUT2D eigenvalue weighted by atomic mass is 10.1. The number of aromatic nitrogens is 1. The standard InChI is InChI=1S/C23H25N3O4S/c1-16-12-17(2)23(18(3)13-16)25-22(27)15-26(19-7-9-20(30-4)10-8-19)31(28,29)21-6-5-11-24-14-21/h5-14H,15H2,1-4H3,(H,25,27). The summed E-state index contributed by atoms with van der Waals surface area (Å²) in [7, 11) is -2.49. The van der Waals surface area contributed by atoms with Gasteiger partial charge >= 0.3 is 0 Å². The Balaban J connectivity index is 1.96. The molecule has 162 valence electrons. The Bertz CT molecular complexity index is 1150. The van der Waals surface area contributed by atoms with Crippen LogP contribution in [-0.4, -0.2) is 33.0 Å². The maximum absolute atomic E-state index is 13.3. The van der Waals surface area contributed by atoms with Crippen molar-refractivity contribution in [3.05, 3.63) is 77.6 Å². The summed E-state index contributed by atoms with van der Waals surface area (Å²) in [6, 6.07) is 13.4. The molecule has 0 saturated carbocycles. The van der Waals surface area contributed by atoms with Gasteiger partial charge in [0.05, 0.1) is 12.8 Å². The molecule has 0 radical (unpaired) electrons. The van der Waals surface area contributed by atoms with Crippen molar-refractivity contribution in [3.8, 4) is 5.75 Å². The van der Waals surface area contributed by atoms with E-state index in [1.54, 1.807) is 24.3 Å². The minimum absolute atomic E-state index is 0.00122. The topological polar surface area (TPSA) is 88.6 Å².